The normalized spacial score (nSPS) is 15.5. The second kappa shape index (κ2) is 8.28. The van der Waals surface area contributed by atoms with E-state index < -0.39 is 15.9 Å². The van der Waals surface area contributed by atoms with Crippen LogP contribution in [0.4, 0.5) is 5.69 Å². The smallest absolute Gasteiger partial charge is 0.257 e. The van der Waals surface area contributed by atoms with Crippen molar-refractivity contribution >= 4 is 49.1 Å². The Morgan fingerprint density at radius 2 is 1.89 bits per heavy atom. The molecule has 0 spiro atoms. The number of carbonyl (C=O) groups is 1. The molecule has 3 rings (SSSR count). The van der Waals surface area contributed by atoms with Gasteiger partial charge in [0.25, 0.3) is 5.91 Å². The number of anilines is 1. The van der Waals surface area contributed by atoms with E-state index in [2.05, 4.69) is 21.2 Å². The number of hydrogen-bond donors (Lipinski definition) is 1. The monoisotopic (exact) mass is 472 g/mol. The van der Waals surface area contributed by atoms with Crippen LogP contribution in [0.5, 0.6) is 0 Å². The van der Waals surface area contributed by atoms with Gasteiger partial charge in [-0.2, -0.15) is 4.31 Å². The van der Waals surface area contributed by atoms with Gasteiger partial charge < -0.3 is 10.1 Å². The highest BCUT2D eigenvalue weighted by Crippen LogP contribution is 2.26. The van der Waals surface area contributed by atoms with Crippen molar-refractivity contribution in [2.45, 2.75) is 11.8 Å². The molecule has 0 saturated carbocycles. The number of amides is 1. The molecular formula is C18H18BrClN2O4S. The molecule has 1 N–H and O–H groups in total. The molecule has 1 amide bonds. The third kappa shape index (κ3) is 4.52. The van der Waals surface area contributed by atoms with E-state index in [1.165, 1.54) is 22.5 Å². The van der Waals surface area contributed by atoms with Crippen molar-refractivity contribution in [3.05, 3.63) is 57.0 Å². The summed E-state index contributed by atoms with van der Waals surface area (Å²) in [6, 6.07) is 9.54. The first-order chi connectivity index (χ1) is 12.8. The number of sulfonamides is 1. The molecule has 0 aromatic heterocycles. The third-order valence-electron chi connectivity index (χ3n) is 4.22. The minimum atomic E-state index is -3.71. The molecule has 1 aliphatic rings. The number of halogens is 2. The molecule has 0 aliphatic carbocycles. The first-order valence-corrected chi connectivity index (χ1v) is 10.8. The van der Waals surface area contributed by atoms with Gasteiger partial charge in [0.05, 0.1) is 28.7 Å². The lowest BCUT2D eigenvalue weighted by atomic mass is 10.2. The quantitative estimate of drug-likeness (QED) is 0.735. The first kappa shape index (κ1) is 20.3. The summed E-state index contributed by atoms with van der Waals surface area (Å²) in [7, 11) is -3.71. The molecule has 1 fully saturated rings. The van der Waals surface area contributed by atoms with Crippen LogP contribution in [0.15, 0.2) is 45.8 Å². The highest BCUT2D eigenvalue weighted by molar-refractivity contribution is 9.10. The Kier molecular flexibility index (Phi) is 6.22. The summed E-state index contributed by atoms with van der Waals surface area (Å²) in [5, 5.41) is 2.92. The van der Waals surface area contributed by atoms with Gasteiger partial charge >= 0.3 is 0 Å². The summed E-state index contributed by atoms with van der Waals surface area (Å²) in [6.07, 6.45) is 0. The van der Waals surface area contributed by atoms with E-state index in [-0.39, 0.29) is 28.6 Å². The molecule has 0 bridgehead atoms. The summed E-state index contributed by atoms with van der Waals surface area (Å²) < 4.78 is 33.0. The fraction of sp³-hybridized carbons (Fsp3) is 0.278. The van der Waals surface area contributed by atoms with Crippen LogP contribution in [0.1, 0.15) is 15.9 Å². The maximum atomic E-state index is 12.8. The van der Waals surface area contributed by atoms with Crippen molar-refractivity contribution in [3.8, 4) is 0 Å². The van der Waals surface area contributed by atoms with Gasteiger partial charge in [-0.25, -0.2) is 8.42 Å². The molecule has 2 aromatic carbocycles. The summed E-state index contributed by atoms with van der Waals surface area (Å²) in [5.74, 6) is -0.477. The lowest BCUT2D eigenvalue weighted by Gasteiger charge is -2.26. The average molecular weight is 474 g/mol. The number of ether oxygens (including phenoxy) is 1. The van der Waals surface area contributed by atoms with Crippen LogP contribution in [0, 0.1) is 6.92 Å². The number of nitrogens with zero attached hydrogens (tertiary/aromatic N) is 1. The van der Waals surface area contributed by atoms with Gasteiger partial charge in [0.15, 0.2) is 0 Å². The molecular weight excluding hydrogens is 456 g/mol. The Morgan fingerprint density at radius 3 is 2.56 bits per heavy atom. The predicted octanol–water partition coefficient (Wildman–Crippen LogP) is 3.68. The fourth-order valence-electron chi connectivity index (χ4n) is 2.64. The van der Waals surface area contributed by atoms with Crippen molar-refractivity contribution < 1.29 is 17.9 Å². The minimum Gasteiger partial charge on any atom is -0.379 e. The Bertz CT molecular complexity index is 975. The molecule has 0 unspecified atom stereocenters. The van der Waals surface area contributed by atoms with Crippen LogP contribution in [0.2, 0.25) is 5.02 Å². The van der Waals surface area contributed by atoms with Crippen molar-refractivity contribution in [2.24, 2.45) is 0 Å². The zero-order valence-electron chi connectivity index (χ0n) is 14.5. The summed E-state index contributed by atoms with van der Waals surface area (Å²) in [6.45, 7) is 3.20. The standard InChI is InChI=1S/C18H18BrClN2O4S/c1-12-2-3-13(10-16(12)19)21-18(23)15-11-14(4-5-17(15)20)27(24,25)22-6-8-26-9-7-22/h2-5,10-11H,6-9H2,1H3,(H,21,23). The van der Waals surface area contributed by atoms with Crippen LogP contribution in [-0.2, 0) is 14.8 Å². The van der Waals surface area contributed by atoms with Crippen molar-refractivity contribution in [3.63, 3.8) is 0 Å². The zero-order chi connectivity index (χ0) is 19.6. The van der Waals surface area contributed by atoms with E-state index in [1.807, 2.05) is 13.0 Å². The van der Waals surface area contributed by atoms with Gasteiger partial charge in [0.1, 0.15) is 0 Å². The van der Waals surface area contributed by atoms with Crippen LogP contribution < -0.4 is 5.32 Å². The largest absolute Gasteiger partial charge is 0.379 e. The number of benzene rings is 2. The molecule has 1 heterocycles. The predicted molar refractivity (Wildman–Crippen MR) is 108 cm³/mol. The van der Waals surface area contributed by atoms with Crippen LogP contribution >= 0.6 is 27.5 Å². The van der Waals surface area contributed by atoms with Crippen molar-refractivity contribution in [2.75, 3.05) is 31.6 Å². The van der Waals surface area contributed by atoms with Gasteiger partial charge in [0.2, 0.25) is 10.0 Å². The molecule has 0 atom stereocenters. The maximum absolute atomic E-state index is 12.8. The number of morpholine rings is 1. The SMILES string of the molecule is Cc1ccc(NC(=O)c2cc(S(=O)(=O)N3CCOCC3)ccc2Cl)cc1Br. The summed E-state index contributed by atoms with van der Waals surface area (Å²) in [4.78, 5) is 12.7. The number of rotatable bonds is 4. The second-order valence-corrected chi connectivity index (χ2v) is 9.28. The maximum Gasteiger partial charge on any atom is 0.257 e. The topological polar surface area (TPSA) is 75.7 Å². The van der Waals surface area contributed by atoms with Gasteiger partial charge in [0, 0.05) is 23.2 Å². The van der Waals surface area contributed by atoms with Crippen molar-refractivity contribution in [1.82, 2.24) is 4.31 Å². The Balaban J connectivity index is 1.88. The van der Waals surface area contributed by atoms with Crippen LogP contribution in [0.25, 0.3) is 0 Å². The van der Waals surface area contributed by atoms with Gasteiger partial charge in [-0.15, -0.1) is 0 Å². The second-order valence-electron chi connectivity index (χ2n) is 6.08. The Labute approximate surface area is 171 Å². The number of nitrogens with one attached hydrogen (secondary N) is 1. The number of carbonyl (C=O) groups excluding carboxylic acids is 1. The Hall–Kier alpha value is -1.45. The van der Waals surface area contributed by atoms with Crippen LogP contribution in [-0.4, -0.2) is 44.9 Å². The molecule has 1 aliphatic heterocycles. The van der Waals surface area contributed by atoms with E-state index >= 15 is 0 Å². The summed E-state index contributed by atoms with van der Waals surface area (Å²) >= 11 is 9.57. The fourth-order valence-corrected chi connectivity index (χ4v) is 4.66. The summed E-state index contributed by atoms with van der Waals surface area (Å²) in [5.41, 5.74) is 1.71. The minimum absolute atomic E-state index is 0.0315. The first-order valence-electron chi connectivity index (χ1n) is 8.24. The van der Waals surface area contributed by atoms with Gasteiger partial charge in [-0.3, -0.25) is 4.79 Å². The highest BCUT2D eigenvalue weighted by atomic mass is 79.9. The molecule has 0 radical (unpaired) electrons. The molecule has 144 valence electrons. The average Bonchev–Trinajstić information content (AvgIpc) is 2.65. The van der Waals surface area contributed by atoms with Gasteiger partial charge in [-0.05, 0) is 42.8 Å². The van der Waals surface area contributed by atoms with Crippen molar-refractivity contribution in [1.29, 1.82) is 0 Å². The van der Waals surface area contributed by atoms with E-state index in [0.717, 1.165) is 10.0 Å². The van der Waals surface area contributed by atoms with Gasteiger partial charge in [-0.1, -0.05) is 33.6 Å². The molecule has 1 saturated heterocycles. The number of hydrogen-bond acceptors (Lipinski definition) is 4. The molecule has 27 heavy (non-hydrogen) atoms. The van der Waals surface area contributed by atoms with E-state index in [1.54, 1.807) is 12.1 Å². The Morgan fingerprint density at radius 1 is 1.19 bits per heavy atom. The lowest BCUT2D eigenvalue weighted by Crippen LogP contribution is -2.40. The van der Waals surface area contributed by atoms with Crippen LogP contribution in [0.3, 0.4) is 0 Å². The zero-order valence-corrected chi connectivity index (χ0v) is 17.7. The molecule has 2 aromatic rings. The van der Waals surface area contributed by atoms with E-state index in [4.69, 9.17) is 16.3 Å². The molecule has 6 nitrogen and oxygen atoms in total. The number of aryl methyl sites for hydroxylation is 1. The van der Waals surface area contributed by atoms with E-state index in [9.17, 15) is 13.2 Å². The van der Waals surface area contributed by atoms with E-state index in [0.29, 0.717) is 18.9 Å². The highest BCUT2D eigenvalue weighted by Gasteiger charge is 2.27. The lowest BCUT2D eigenvalue weighted by molar-refractivity contribution is 0.0730. The third-order valence-corrected chi connectivity index (χ3v) is 7.30. The molecule has 9 heteroatoms.